The molecule has 12 heavy (non-hydrogen) atoms. The normalized spacial score (nSPS) is 10.1. The van der Waals surface area contributed by atoms with Crippen molar-refractivity contribution in [3.8, 4) is 11.3 Å². The molecule has 0 aliphatic rings. The number of H-pyrrole nitrogens is 1. The van der Waals surface area contributed by atoms with Gasteiger partial charge in [-0.25, -0.2) is 0 Å². The smallest absolute Gasteiger partial charge is 0.101 e. The molecule has 0 bridgehead atoms. The minimum Gasteiger partial charge on any atom is -0.271 e. The van der Waals surface area contributed by atoms with Crippen molar-refractivity contribution in [1.82, 2.24) is 15.2 Å². The van der Waals surface area contributed by atoms with Gasteiger partial charge in [0.15, 0.2) is 0 Å². The minimum absolute atomic E-state index is 0.884. The van der Waals surface area contributed by atoms with Gasteiger partial charge < -0.3 is 0 Å². The summed E-state index contributed by atoms with van der Waals surface area (Å²) < 4.78 is 0.884. The first-order valence-electron chi connectivity index (χ1n) is 3.47. The standard InChI is InChI=1S/C8H6BrN3/c9-8-5-7(11-12-8)6-1-3-10-4-2-6/h1-5H,(H,11,12). The molecule has 0 aromatic carbocycles. The number of hydrogen-bond donors (Lipinski definition) is 1. The molecule has 0 saturated heterocycles. The first kappa shape index (κ1) is 7.49. The summed E-state index contributed by atoms with van der Waals surface area (Å²) in [6, 6.07) is 5.76. The number of hydrogen-bond acceptors (Lipinski definition) is 2. The molecule has 0 saturated carbocycles. The van der Waals surface area contributed by atoms with Gasteiger partial charge in [-0.05, 0) is 34.1 Å². The lowest BCUT2D eigenvalue weighted by Gasteiger charge is -1.91. The van der Waals surface area contributed by atoms with Crippen molar-refractivity contribution < 1.29 is 0 Å². The molecule has 0 amide bonds. The van der Waals surface area contributed by atoms with Crippen molar-refractivity contribution in [2.45, 2.75) is 0 Å². The van der Waals surface area contributed by atoms with Gasteiger partial charge in [-0.1, -0.05) is 0 Å². The lowest BCUT2D eigenvalue weighted by molar-refractivity contribution is 1.07. The Hall–Kier alpha value is -1.16. The van der Waals surface area contributed by atoms with Gasteiger partial charge in [0, 0.05) is 18.0 Å². The average molecular weight is 224 g/mol. The Morgan fingerprint density at radius 3 is 2.58 bits per heavy atom. The summed E-state index contributed by atoms with van der Waals surface area (Å²) in [5.74, 6) is 0. The maximum absolute atomic E-state index is 4.09. The minimum atomic E-state index is 0.884. The largest absolute Gasteiger partial charge is 0.271 e. The Balaban J connectivity index is 2.45. The zero-order chi connectivity index (χ0) is 8.39. The molecule has 2 aromatic heterocycles. The molecule has 0 unspecified atom stereocenters. The number of rotatable bonds is 1. The van der Waals surface area contributed by atoms with Gasteiger partial charge in [-0.15, -0.1) is 0 Å². The molecule has 0 aliphatic carbocycles. The summed E-state index contributed by atoms with van der Waals surface area (Å²) >= 11 is 3.30. The molecule has 4 heteroatoms. The summed E-state index contributed by atoms with van der Waals surface area (Å²) in [4.78, 5) is 3.93. The molecule has 60 valence electrons. The van der Waals surface area contributed by atoms with Crippen molar-refractivity contribution in [3.63, 3.8) is 0 Å². The van der Waals surface area contributed by atoms with Crippen molar-refractivity contribution >= 4 is 15.9 Å². The molecule has 0 atom stereocenters. The highest BCUT2D eigenvalue weighted by Crippen LogP contribution is 2.18. The van der Waals surface area contributed by atoms with Crippen LogP contribution in [0.2, 0.25) is 0 Å². The van der Waals surface area contributed by atoms with Crippen molar-refractivity contribution in [1.29, 1.82) is 0 Å². The maximum Gasteiger partial charge on any atom is 0.101 e. The Bertz CT molecular complexity index is 369. The number of halogens is 1. The van der Waals surface area contributed by atoms with Crippen molar-refractivity contribution in [2.24, 2.45) is 0 Å². The third-order valence-electron chi connectivity index (χ3n) is 1.52. The van der Waals surface area contributed by atoms with Crippen LogP contribution in [0.15, 0.2) is 35.2 Å². The zero-order valence-corrected chi connectivity index (χ0v) is 7.75. The lowest BCUT2D eigenvalue weighted by atomic mass is 10.2. The first-order chi connectivity index (χ1) is 5.86. The molecule has 0 radical (unpaired) electrons. The van der Waals surface area contributed by atoms with Crippen LogP contribution in [0.25, 0.3) is 11.3 Å². The molecule has 0 spiro atoms. The Kier molecular flexibility index (Phi) is 1.91. The third kappa shape index (κ3) is 1.38. The van der Waals surface area contributed by atoms with Crippen LogP contribution in [-0.4, -0.2) is 15.2 Å². The van der Waals surface area contributed by atoms with Crippen molar-refractivity contribution in [3.05, 3.63) is 35.2 Å². The molecule has 0 aliphatic heterocycles. The Morgan fingerprint density at radius 2 is 2.00 bits per heavy atom. The molecular weight excluding hydrogens is 218 g/mol. The first-order valence-corrected chi connectivity index (χ1v) is 4.27. The summed E-state index contributed by atoms with van der Waals surface area (Å²) in [5.41, 5.74) is 1.98. The summed E-state index contributed by atoms with van der Waals surface area (Å²) in [6.07, 6.45) is 3.50. The van der Waals surface area contributed by atoms with E-state index in [1.807, 2.05) is 18.2 Å². The Labute approximate surface area is 78.0 Å². The van der Waals surface area contributed by atoms with Gasteiger partial charge in [-0.2, -0.15) is 5.10 Å². The van der Waals surface area contributed by atoms with E-state index in [1.54, 1.807) is 12.4 Å². The van der Waals surface area contributed by atoms with Gasteiger partial charge in [0.05, 0.1) is 5.69 Å². The molecule has 1 N–H and O–H groups in total. The van der Waals surface area contributed by atoms with Crippen LogP contribution in [0.5, 0.6) is 0 Å². The van der Waals surface area contributed by atoms with E-state index in [2.05, 4.69) is 31.1 Å². The predicted octanol–water partition coefficient (Wildman–Crippen LogP) is 2.23. The highest BCUT2D eigenvalue weighted by molar-refractivity contribution is 9.10. The van der Waals surface area contributed by atoms with Crippen LogP contribution in [0, 0.1) is 0 Å². The molecule has 0 fully saturated rings. The van der Waals surface area contributed by atoms with Gasteiger partial charge >= 0.3 is 0 Å². The van der Waals surface area contributed by atoms with E-state index in [1.165, 1.54) is 0 Å². The van der Waals surface area contributed by atoms with E-state index < -0.39 is 0 Å². The number of nitrogens with zero attached hydrogens (tertiary/aromatic N) is 2. The predicted molar refractivity (Wildman–Crippen MR) is 49.5 cm³/mol. The second-order valence-corrected chi connectivity index (χ2v) is 3.19. The van der Waals surface area contributed by atoms with Crippen LogP contribution in [0.1, 0.15) is 0 Å². The van der Waals surface area contributed by atoms with E-state index in [0.29, 0.717) is 0 Å². The van der Waals surface area contributed by atoms with Crippen LogP contribution in [0.4, 0.5) is 0 Å². The molecular formula is C8H6BrN3. The van der Waals surface area contributed by atoms with Gasteiger partial charge in [-0.3, -0.25) is 10.1 Å². The number of nitrogens with one attached hydrogen (secondary N) is 1. The Morgan fingerprint density at radius 1 is 1.25 bits per heavy atom. The summed E-state index contributed by atoms with van der Waals surface area (Å²) in [5, 5.41) is 6.90. The zero-order valence-electron chi connectivity index (χ0n) is 6.16. The quantitative estimate of drug-likeness (QED) is 0.806. The summed E-state index contributed by atoms with van der Waals surface area (Å²) in [6.45, 7) is 0. The molecule has 3 nitrogen and oxygen atoms in total. The fourth-order valence-electron chi connectivity index (χ4n) is 0.969. The van der Waals surface area contributed by atoms with Crippen LogP contribution >= 0.6 is 15.9 Å². The second-order valence-electron chi connectivity index (χ2n) is 2.34. The molecule has 2 heterocycles. The van der Waals surface area contributed by atoms with E-state index in [0.717, 1.165) is 15.9 Å². The van der Waals surface area contributed by atoms with E-state index in [9.17, 15) is 0 Å². The second kappa shape index (κ2) is 3.06. The van der Waals surface area contributed by atoms with Gasteiger partial charge in [0.2, 0.25) is 0 Å². The summed E-state index contributed by atoms with van der Waals surface area (Å²) in [7, 11) is 0. The fourth-order valence-corrected chi connectivity index (χ4v) is 1.27. The van der Waals surface area contributed by atoms with E-state index in [-0.39, 0.29) is 0 Å². The topological polar surface area (TPSA) is 41.6 Å². The fraction of sp³-hybridized carbons (Fsp3) is 0. The third-order valence-corrected chi connectivity index (χ3v) is 1.93. The molecule has 2 aromatic rings. The maximum atomic E-state index is 4.09. The van der Waals surface area contributed by atoms with E-state index in [4.69, 9.17) is 0 Å². The highest BCUT2D eigenvalue weighted by atomic mass is 79.9. The lowest BCUT2D eigenvalue weighted by Crippen LogP contribution is -1.77. The van der Waals surface area contributed by atoms with Gasteiger partial charge in [0.25, 0.3) is 0 Å². The van der Waals surface area contributed by atoms with E-state index >= 15 is 0 Å². The van der Waals surface area contributed by atoms with Crippen LogP contribution in [0.3, 0.4) is 0 Å². The van der Waals surface area contributed by atoms with Crippen LogP contribution in [-0.2, 0) is 0 Å². The highest BCUT2D eigenvalue weighted by Gasteiger charge is 1.99. The van der Waals surface area contributed by atoms with Gasteiger partial charge in [0.1, 0.15) is 4.60 Å². The number of aromatic nitrogens is 3. The SMILES string of the molecule is Brc1cc(-c2ccncc2)n[nH]1. The average Bonchev–Trinajstić information content (AvgIpc) is 2.54. The monoisotopic (exact) mass is 223 g/mol. The van der Waals surface area contributed by atoms with Crippen LogP contribution < -0.4 is 0 Å². The van der Waals surface area contributed by atoms with Crippen molar-refractivity contribution in [2.75, 3.05) is 0 Å². The number of aromatic amines is 1. The number of pyridine rings is 1. The molecule has 2 rings (SSSR count).